The van der Waals surface area contributed by atoms with E-state index >= 15 is 0 Å². The Morgan fingerprint density at radius 1 is 1.48 bits per heavy atom. The highest BCUT2D eigenvalue weighted by atomic mass is 79.9. The Morgan fingerprint density at radius 2 is 2.24 bits per heavy atom. The Hall–Kier alpha value is -2.42. The molecule has 0 aliphatic rings. The zero-order chi connectivity index (χ0) is 15.4. The van der Waals surface area contributed by atoms with Gasteiger partial charge in [-0.2, -0.15) is 0 Å². The van der Waals surface area contributed by atoms with Crippen LogP contribution in [0, 0.1) is 0 Å². The molecule has 110 valence electrons. The zero-order valence-electron chi connectivity index (χ0n) is 10.9. The molecule has 1 amide bonds. The molecule has 0 bridgehead atoms. The molecule has 0 spiro atoms. The van der Waals surface area contributed by atoms with Gasteiger partial charge in [-0.05, 0) is 18.2 Å². The Kier molecular flexibility index (Phi) is 4.53. The van der Waals surface area contributed by atoms with Gasteiger partial charge in [-0.3, -0.25) is 4.79 Å². The van der Waals surface area contributed by atoms with Gasteiger partial charge in [0.2, 0.25) is 5.91 Å². The van der Waals surface area contributed by atoms with E-state index < -0.39 is 5.97 Å². The van der Waals surface area contributed by atoms with Crippen molar-refractivity contribution in [2.45, 2.75) is 6.54 Å². The number of aromatic carboxylic acids is 1. The van der Waals surface area contributed by atoms with Gasteiger partial charge >= 0.3 is 5.97 Å². The molecule has 0 unspecified atom stereocenters. The van der Waals surface area contributed by atoms with Crippen LogP contribution in [0.5, 0.6) is 5.75 Å². The molecule has 8 nitrogen and oxygen atoms in total. The maximum absolute atomic E-state index is 11.9. The van der Waals surface area contributed by atoms with E-state index in [9.17, 15) is 9.59 Å². The van der Waals surface area contributed by atoms with Crippen molar-refractivity contribution in [1.82, 2.24) is 15.0 Å². The van der Waals surface area contributed by atoms with Crippen LogP contribution in [0.3, 0.4) is 0 Å². The van der Waals surface area contributed by atoms with Crippen LogP contribution in [0.2, 0.25) is 0 Å². The van der Waals surface area contributed by atoms with Crippen molar-refractivity contribution in [2.75, 3.05) is 12.4 Å². The fraction of sp³-hybridized carbons (Fsp3) is 0.167. The van der Waals surface area contributed by atoms with E-state index in [-0.39, 0.29) is 18.1 Å². The maximum atomic E-state index is 11.9. The molecule has 0 saturated carbocycles. The lowest BCUT2D eigenvalue weighted by atomic mass is 10.3. The Bertz CT molecular complexity index is 686. The third kappa shape index (κ3) is 3.78. The molecule has 2 aromatic rings. The first-order valence-electron chi connectivity index (χ1n) is 5.76. The Labute approximate surface area is 127 Å². The summed E-state index contributed by atoms with van der Waals surface area (Å²) in [5, 5.41) is 18.4. The number of nitrogens with one attached hydrogen (secondary N) is 1. The topological polar surface area (TPSA) is 106 Å². The monoisotopic (exact) mass is 354 g/mol. The van der Waals surface area contributed by atoms with E-state index in [2.05, 4.69) is 31.6 Å². The number of carboxylic acids is 1. The first-order valence-corrected chi connectivity index (χ1v) is 6.55. The van der Waals surface area contributed by atoms with Crippen LogP contribution < -0.4 is 10.1 Å². The van der Waals surface area contributed by atoms with E-state index in [1.54, 1.807) is 18.2 Å². The van der Waals surface area contributed by atoms with Gasteiger partial charge in [-0.15, -0.1) is 5.10 Å². The van der Waals surface area contributed by atoms with Crippen molar-refractivity contribution in [2.24, 2.45) is 0 Å². The van der Waals surface area contributed by atoms with Crippen molar-refractivity contribution in [3.63, 3.8) is 0 Å². The highest BCUT2D eigenvalue weighted by molar-refractivity contribution is 9.10. The SMILES string of the molecule is COc1ccc(Br)cc1NC(=O)Cn1cc(C(=O)O)nn1. The standard InChI is InChI=1S/C12H11BrN4O4/c1-21-10-3-2-7(13)4-8(10)14-11(18)6-17-5-9(12(19)20)15-16-17/h2-5H,6H2,1H3,(H,14,18)(H,19,20). The largest absolute Gasteiger partial charge is 0.495 e. The molecule has 0 aliphatic heterocycles. The molecule has 0 saturated heterocycles. The molecular formula is C12H11BrN4O4. The molecule has 21 heavy (non-hydrogen) atoms. The lowest BCUT2D eigenvalue weighted by Gasteiger charge is -2.10. The second-order valence-electron chi connectivity index (χ2n) is 4.00. The van der Waals surface area contributed by atoms with Crippen molar-refractivity contribution in [3.05, 3.63) is 34.6 Å². The number of ether oxygens (including phenoxy) is 1. The fourth-order valence-corrected chi connectivity index (χ4v) is 1.95. The number of benzene rings is 1. The molecule has 1 heterocycles. The van der Waals surface area contributed by atoms with Crippen LogP contribution in [0.1, 0.15) is 10.5 Å². The average molecular weight is 355 g/mol. The third-order valence-electron chi connectivity index (χ3n) is 2.50. The van der Waals surface area contributed by atoms with E-state index in [0.717, 1.165) is 9.15 Å². The number of rotatable bonds is 5. The maximum Gasteiger partial charge on any atom is 0.358 e. The third-order valence-corrected chi connectivity index (χ3v) is 2.99. The molecule has 1 aromatic heterocycles. The first kappa shape index (κ1) is 15.0. The molecule has 2 rings (SSSR count). The van der Waals surface area contributed by atoms with Gasteiger partial charge in [-0.25, -0.2) is 9.48 Å². The molecule has 1 aromatic carbocycles. The summed E-state index contributed by atoms with van der Waals surface area (Å²) >= 11 is 3.30. The molecule has 0 atom stereocenters. The van der Waals surface area contributed by atoms with Gasteiger partial charge in [0, 0.05) is 4.47 Å². The molecule has 0 fully saturated rings. The van der Waals surface area contributed by atoms with Crippen molar-refractivity contribution >= 4 is 33.5 Å². The summed E-state index contributed by atoms with van der Waals surface area (Å²) < 4.78 is 7.07. The number of hydrogen-bond acceptors (Lipinski definition) is 5. The summed E-state index contributed by atoms with van der Waals surface area (Å²) in [6.07, 6.45) is 1.18. The van der Waals surface area contributed by atoms with Gasteiger partial charge in [0.1, 0.15) is 12.3 Å². The predicted molar refractivity (Wildman–Crippen MR) is 76.3 cm³/mol. The summed E-state index contributed by atoms with van der Waals surface area (Å²) in [6.45, 7) is -0.157. The molecule has 0 radical (unpaired) electrons. The van der Waals surface area contributed by atoms with Crippen molar-refractivity contribution in [1.29, 1.82) is 0 Å². The lowest BCUT2D eigenvalue weighted by molar-refractivity contribution is -0.116. The van der Waals surface area contributed by atoms with Crippen LogP contribution in [0.15, 0.2) is 28.9 Å². The Balaban J connectivity index is 2.07. The second-order valence-corrected chi connectivity index (χ2v) is 4.91. The minimum absolute atomic E-state index is 0.157. The van der Waals surface area contributed by atoms with Gasteiger partial charge in [0.15, 0.2) is 5.69 Å². The number of halogens is 1. The lowest BCUT2D eigenvalue weighted by Crippen LogP contribution is -2.19. The number of anilines is 1. The summed E-state index contributed by atoms with van der Waals surface area (Å²) in [5.74, 6) is -1.07. The van der Waals surface area contributed by atoms with Crippen LogP contribution in [-0.2, 0) is 11.3 Å². The molecule has 9 heteroatoms. The number of hydrogen-bond donors (Lipinski definition) is 2. The summed E-state index contributed by atoms with van der Waals surface area (Å²) in [5.41, 5.74) is 0.276. The Morgan fingerprint density at radius 3 is 2.86 bits per heavy atom. The summed E-state index contributed by atoms with van der Waals surface area (Å²) in [4.78, 5) is 22.6. The fourth-order valence-electron chi connectivity index (χ4n) is 1.59. The normalized spacial score (nSPS) is 10.2. The quantitative estimate of drug-likeness (QED) is 0.840. The number of aromatic nitrogens is 3. The minimum Gasteiger partial charge on any atom is -0.495 e. The van der Waals surface area contributed by atoms with E-state index in [4.69, 9.17) is 9.84 Å². The van der Waals surface area contributed by atoms with Gasteiger partial charge in [-0.1, -0.05) is 21.1 Å². The average Bonchev–Trinajstić information content (AvgIpc) is 2.87. The summed E-state index contributed by atoms with van der Waals surface area (Å²) in [6, 6.07) is 5.18. The second kappa shape index (κ2) is 6.35. The van der Waals surface area contributed by atoms with Crippen molar-refractivity contribution < 1.29 is 19.4 Å². The number of carbonyl (C=O) groups excluding carboxylic acids is 1. The smallest absolute Gasteiger partial charge is 0.358 e. The first-order chi connectivity index (χ1) is 9.99. The van der Waals surface area contributed by atoms with Crippen LogP contribution in [0.4, 0.5) is 5.69 Å². The van der Waals surface area contributed by atoms with Crippen LogP contribution in [-0.4, -0.2) is 39.1 Å². The number of amides is 1. The number of methoxy groups -OCH3 is 1. The van der Waals surface area contributed by atoms with E-state index in [1.165, 1.54) is 13.3 Å². The highest BCUT2D eigenvalue weighted by Gasteiger charge is 2.12. The van der Waals surface area contributed by atoms with E-state index in [0.29, 0.717) is 11.4 Å². The van der Waals surface area contributed by atoms with E-state index in [1.807, 2.05) is 0 Å². The highest BCUT2D eigenvalue weighted by Crippen LogP contribution is 2.27. The predicted octanol–water partition coefficient (Wildman–Crippen LogP) is 1.39. The van der Waals surface area contributed by atoms with Gasteiger partial charge < -0.3 is 15.2 Å². The molecule has 0 aliphatic carbocycles. The van der Waals surface area contributed by atoms with Gasteiger partial charge in [0.05, 0.1) is 19.0 Å². The molecule has 2 N–H and O–H groups in total. The zero-order valence-corrected chi connectivity index (χ0v) is 12.5. The minimum atomic E-state index is -1.20. The molecular weight excluding hydrogens is 344 g/mol. The van der Waals surface area contributed by atoms with Crippen LogP contribution in [0.25, 0.3) is 0 Å². The summed E-state index contributed by atoms with van der Waals surface area (Å²) in [7, 11) is 1.50. The number of carboxylic acid groups (broad SMARTS) is 1. The van der Waals surface area contributed by atoms with Crippen molar-refractivity contribution in [3.8, 4) is 5.75 Å². The van der Waals surface area contributed by atoms with Crippen LogP contribution >= 0.6 is 15.9 Å². The number of nitrogens with zero attached hydrogens (tertiary/aromatic N) is 3. The number of carbonyl (C=O) groups is 2. The van der Waals surface area contributed by atoms with Gasteiger partial charge in [0.25, 0.3) is 0 Å².